The zero-order chi connectivity index (χ0) is 14.4. The van der Waals surface area contributed by atoms with Crippen molar-refractivity contribution in [3.8, 4) is 0 Å². The Hall–Kier alpha value is -0.170. The third-order valence-electron chi connectivity index (χ3n) is 4.17. The molecule has 5 heteroatoms. The molecule has 1 fully saturated rings. The van der Waals surface area contributed by atoms with Crippen LogP contribution in [-0.2, 0) is 0 Å². The van der Waals surface area contributed by atoms with E-state index in [0.29, 0.717) is 9.80 Å². The van der Waals surface area contributed by atoms with Gasteiger partial charge in [0.15, 0.2) is 0 Å². The van der Waals surface area contributed by atoms with Crippen molar-refractivity contribution in [3.05, 3.63) is 34.7 Å². The Morgan fingerprint density at radius 2 is 1.70 bits per heavy atom. The van der Waals surface area contributed by atoms with Crippen molar-refractivity contribution in [2.45, 2.75) is 42.5 Å². The van der Waals surface area contributed by atoms with Gasteiger partial charge in [0, 0.05) is 4.90 Å². The van der Waals surface area contributed by atoms with E-state index >= 15 is 0 Å². The fourth-order valence-corrected chi connectivity index (χ4v) is 8.35. The molecule has 1 aromatic carbocycles. The lowest BCUT2D eigenvalue weighted by atomic mass is 9.88. The van der Waals surface area contributed by atoms with E-state index in [9.17, 15) is 13.2 Å². The molecule has 3 rings (SSSR count). The van der Waals surface area contributed by atoms with E-state index in [1.165, 1.54) is 0 Å². The van der Waals surface area contributed by atoms with Gasteiger partial charge in [-0.25, -0.2) is 0 Å². The molecule has 0 amide bonds. The van der Waals surface area contributed by atoms with Gasteiger partial charge in [-0.3, -0.25) is 0 Å². The van der Waals surface area contributed by atoms with Gasteiger partial charge < -0.3 is 0 Å². The normalized spacial score (nSPS) is 30.5. The van der Waals surface area contributed by atoms with Gasteiger partial charge in [-0.2, -0.15) is 13.2 Å². The second-order valence-electron chi connectivity index (χ2n) is 5.40. The van der Waals surface area contributed by atoms with Crippen LogP contribution in [0, 0.1) is 5.92 Å². The smallest absolute Gasteiger partial charge is 0.160 e. The van der Waals surface area contributed by atoms with Crippen molar-refractivity contribution in [2.75, 3.05) is 0 Å². The van der Waals surface area contributed by atoms with Gasteiger partial charge in [-0.05, 0) is 69.8 Å². The third kappa shape index (κ3) is 2.21. The molecule has 1 heterocycles. The average molecular weight is 412 g/mol. The summed E-state index contributed by atoms with van der Waals surface area (Å²) in [6.45, 7) is 0. The van der Waals surface area contributed by atoms with Gasteiger partial charge in [-0.1, -0.05) is 37.5 Å². The molecule has 2 aliphatic rings. The predicted octanol–water partition coefficient (Wildman–Crippen LogP) is 6.65. The maximum Gasteiger partial charge on any atom is 0.441 e. The molecule has 20 heavy (non-hydrogen) atoms. The summed E-state index contributed by atoms with van der Waals surface area (Å²) in [7, 11) is -2.89. The monoisotopic (exact) mass is 412 g/mol. The summed E-state index contributed by atoms with van der Waals surface area (Å²) in [6, 6.07) is 7.03. The molecule has 1 unspecified atom stereocenters. The number of fused-ring (bicyclic) bond motifs is 1. The number of benzene rings is 1. The van der Waals surface area contributed by atoms with Crippen molar-refractivity contribution in [2.24, 2.45) is 5.92 Å². The standard InChI is InChI=1S/C15H16F3IS/c16-15(17,18)20(19)13-9-5-4-8-12(13)10-14(20)11-6-2-1-3-7-11/h4-5,8-11H,1-3,6-7H2. The second-order valence-corrected chi connectivity index (χ2v) is 11.8. The van der Waals surface area contributed by atoms with Gasteiger partial charge in [0.25, 0.3) is 0 Å². The van der Waals surface area contributed by atoms with Gasteiger partial charge in [0.05, 0.1) is 0 Å². The topological polar surface area (TPSA) is 0 Å². The second kappa shape index (κ2) is 5.23. The molecule has 110 valence electrons. The predicted molar refractivity (Wildman–Crippen MR) is 86.9 cm³/mol. The third-order valence-corrected chi connectivity index (χ3v) is 11.3. The van der Waals surface area contributed by atoms with E-state index in [1.54, 1.807) is 33.3 Å². The van der Waals surface area contributed by atoms with E-state index in [1.807, 2.05) is 18.2 Å². The van der Waals surface area contributed by atoms with Crippen molar-refractivity contribution in [1.82, 2.24) is 0 Å². The highest BCUT2D eigenvalue weighted by molar-refractivity contribution is 14.2. The van der Waals surface area contributed by atoms with Gasteiger partial charge in [-0.15, -0.1) is 0 Å². The zero-order valence-electron chi connectivity index (χ0n) is 10.9. The minimum atomic E-state index is -4.16. The van der Waals surface area contributed by atoms with Crippen LogP contribution < -0.4 is 0 Å². The van der Waals surface area contributed by atoms with E-state index in [-0.39, 0.29) is 5.92 Å². The van der Waals surface area contributed by atoms with Crippen LogP contribution in [-0.4, -0.2) is 5.51 Å². The molecule has 0 nitrogen and oxygen atoms in total. The molecule has 0 aromatic heterocycles. The summed E-state index contributed by atoms with van der Waals surface area (Å²) in [5.41, 5.74) is -3.39. The molecule has 0 radical (unpaired) electrons. The molecular formula is C15H16F3IS. The van der Waals surface area contributed by atoms with E-state index in [4.69, 9.17) is 0 Å². The number of halogens is 4. The highest BCUT2D eigenvalue weighted by Gasteiger charge is 2.56. The minimum absolute atomic E-state index is 0.115. The SMILES string of the molecule is FC(F)(F)S1(I)C(C2CCCCC2)=Cc2ccccc21. The van der Waals surface area contributed by atoms with Gasteiger partial charge in [0.2, 0.25) is 0 Å². The molecule has 0 N–H and O–H groups in total. The van der Waals surface area contributed by atoms with E-state index in [2.05, 4.69) is 0 Å². The van der Waals surface area contributed by atoms with Crippen LogP contribution >= 0.6 is 28.4 Å². The Bertz CT molecular complexity index is 546. The number of alkyl halides is 3. The van der Waals surface area contributed by atoms with Crippen molar-refractivity contribution in [1.29, 1.82) is 0 Å². The Labute approximate surface area is 130 Å². The lowest BCUT2D eigenvalue weighted by molar-refractivity contribution is -0.0354. The van der Waals surface area contributed by atoms with Crippen LogP contribution in [0.2, 0.25) is 0 Å². The molecule has 1 aliphatic carbocycles. The summed E-state index contributed by atoms with van der Waals surface area (Å²) in [5, 5.41) is 0. The largest absolute Gasteiger partial charge is 0.441 e. The van der Waals surface area contributed by atoms with Crippen LogP contribution in [0.1, 0.15) is 37.7 Å². The van der Waals surface area contributed by atoms with Crippen LogP contribution in [0.5, 0.6) is 0 Å². The Morgan fingerprint density at radius 3 is 2.35 bits per heavy atom. The first-order valence-corrected chi connectivity index (χ1v) is 11.0. The molecule has 0 saturated heterocycles. The Kier molecular flexibility index (Phi) is 3.86. The highest BCUT2D eigenvalue weighted by atomic mass is 127. The Balaban J connectivity index is 2.09. The fraction of sp³-hybridized carbons (Fsp3) is 0.467. The minimum Gasteiger partial charge on any atom is -0.160 e. The summed E-state index contributed by atoms with van der Waals surface area (Å²) in [5.74, 6) is 0.115. The number of rotatable bonds is 1. The van der Waals surface area contributed by atoms with Gasteiger partial charge in [0.1, 0.15) is 0 Å². The molecule has 1 atom stereocenters. The molecule has 0 spiro atoms. The summed E-state index contributed by atoms with van der Waals surface area (Å²) >= 11 is 1.72. The van der Waals surface area contributed by atoms with Crippen molar-refractivity contribution >= 4 is 34.5 Å². The first-order valence-electron chi connectivity index (χ1n) is 6.84. The van der Waals surface area contributed by atoms with Crippen LogP contribution in [0.3, 0.4) is 0 Å². The van der Waals surface area contributed by atoms with Crippen LogP contribution in [0.4, 0.5) is 13.2 Å². The zero-order valence-corrected chi connectivity index (χ0v) is 13.9. The fourth-order valence-electron chi connectivity index (χ4n) is 3.21. The van der Waals surface area contributed by atoms with Crippen molar-refractivity contribution in [3.63, 3.8) is 0 Å². The molecule has 1 aliphatic heterocycles. The van der Waals surface area contributed by atoms with Crippen LogP contribution in [0.15, 0.2) is 34.1 Å². The lowest BCUT2D eigenvalue weighted by Gasteiger charge is -2.39. The summed E-state index contributed by atoms with van der Waals surface area (Å²) < 4.78 is 41.5. The maximum absolute atomic E-state index is 13.8. The van der Waals surface area contributed by atoms with Crippen molar-refractivity contribution < 1.29 is 13.2 Å². The number of hydrogen-bond acceptors (Lipinski definition) is 0. The molecule has 0 bridgehead atoms. The van der Waals surface area contributed by atoms with E-state index < -0.39 is 12.7 Å². The van der Waals surface area contributed by atoms with Gasteiger partial charge >= 0.3 is 5.51 Å². The summed E-state index contributed by atoms with van der Waals surface area (Å²) in [4.78, 5) is 1.15. The Morgan fingerprint density at radius 1 is 1.05 bits per heavy atom. The first kappa shape index (κ1) is 14.8. The van der Waals surface area contributed by atoms with E-state index in [0.717, 1.165) is 37.7 Å². The molecule has 1 saturated carbocycles. The average Bonchev–Trinajstić information content (AvgIpc) is 2.75. The number of hydrogen-bond donors (Lipinski definition) is 0. The number of allylic oxidation sites excluding steroid dienone is 1. The maximum atomic E-state index is 13.8. The first-order chi connectivity index (χ1) is 9.44. The van der Waals surface area contributed by atoms with Crippen LogP contribution in [0.25, 0.3) is 6.08 Å². The molecular weight excluding hydrogens is 396 g/mol. The highest BCUT2D eigenvalue weighted by Crippen LogP contribution is 2.83. The summed E-state index contributed by atoms with van der Waals surface area (Å²) in [6.07, 6.45) is 6.93. The molecule has 1 aromatic rings. The quantitative estimate of drug-likeness (QED) is 0.453. The lowest BCUT2D eigenvalue weighted by Crippen LogP contribution is -2.20.